The molecule has 84 valence electrons. The molecular weight excluding hydrogens is 196 g/mol. The van der Waals surface area contributed by atoms with Crippen LogP contribution in [0.3, 0.4) is 0 Å². The van der Waals surface area contributed by atoms with Crippen molar-refractivity contribution in [3.63, 3.8) is 0 Å². The van der Waals surface area contributed by atoms with Crippen LogP contribution in [0, 0.1) is 5.92 Å². The van der Waals surface area contributed by atoms with Gasteiger partial charge >= 0.3 is 0 Å². The fourth-order valence-corrected chi connectivity index (χ4v) is 2.25. The highest BCUT2D eigenvalue weighted by molar-refractivity contribution is 6.04. The minimum absolute atomic E-state index is 0.131. The maximum absolute atomic E-state index is 11.8. The van der Waals surface area contributed by atoms with Gasteiger partial charge in [0.15, 0.2) is 5.78 Å². The van der Waals surface area contributed by atoms with Crippen molar-refractivity contribution in [3.8, 4) is 0 Å². The van der Waals surface area contributed by atoms with Crippen molar-refractivity contribution in [2.75, 3.05) is 0 Å². The van der Waals surface area contributed by atoms with Gasteiger partial charge in [-0.1, -0.05) is 55.7 Å². The van der Waals surface area contributed by atoms with Crippen molar-refractivity contribution in [2.24, 2.45) is 5.92 Å². The Balaban J connectivity index is 1.94. The van der Waals surface area contributed by atoms with E-state index >= 15 is 0 Å². The van der Waals surface area contributed by atoms with Crippen LogP contribution in [0.4, 0.5) is 0 Å². The molecular formula is C15H18O. The summed E-state index contributed by atoms with van der Waals surface area (Å²) in [6.07, 6.45) is 10.3. The molecule has 0 amide bonds. The van der Waals surface area contributed by atoms with Crippen LogP contribution < -0.4 is 0 Å². The largest absolute Gasteiger partial charge is 0.289 e. The summed E-state index contributed by atoms with van der Waals surface area (Å²) < 4.78 is 0. The average molecular weight is 214 g/mol. The van der Waals surface area contributed by atoms with Gasteiger partial charge in [-0.25, -0.2) is 0 Å². The molecule has 0 spiro atoms. The van der Waals surface area contributed by atoms with Gasteiger partial charge in [-0.05, 0) is 24.8 Å². The second kappa shape index (κ2) is 5.64. The Hall–Kier alpha value is -1.37. The number of carbonyl (C=O) groups excluding carboxylic acids is 1. The number of hydrogen-bond acceptors (Lipinski definition) is 1. The second-order valence-corrected chi connectivity index (χ2v) is 4.49. The van der Waals surface area contributed by atoms with E-state index in [0.717, 1.165) is 5.56 Å². The summed E-state index contributed by atoms with van der Waals surface area (Å²) in [5.74, 6) is 0.757. The van der Waals surface area contributed by atoms with Crippen LogP contribution in [-0.2, 0) is 0 Å². The van der Waals surface area contributed by atoms with E-state index < -0.39 is 0 Å². The standard InChI is InChI=1S/C15H18O/c16-15(14-9-5-2-6-10-14)12-11-13-7-3-1-4-8-13/h2,5-6,9-13H,1,3-4,7-8H2/b12-11+. The Labute approximate surface area is 97.2 Å². The van der Waals surface area contributed by atoms with Gasteiger partial charge in [-0.3, -0.25) is 4.79 Å². The van der Waals surface area contributed by atoms with Crippen molar-refractivity contribution in [1.29, 1.82) is 0 Å². The summed E-state index contributed by atoms with van der Waals surface area (Å²) in [6, 6.07) is 9.48. The van der Waals surface area contributed by atoms with E-state index in [-0.39, 0.29) is 5.78 Å². The summed E-state index contributed by atoms with van der Waals surface area (Å²) in [5.41, 5.74) is 0.787. The van der Waals surface area contributed by atoms with Crippen LogP contribution >= 0.6 is 0 Å². The topological polar surface area (TPSA) is 17.1 Å². The monoisotopic (exact) mass is 214 g/mol. The summed E-state index contributed by atoms with van der Waals surface area (Å²) in [6.45, 7) is 0. The van der Waals surface area contributed by atoms with Crippen molar-refractivity contribution < 1.29 is 4.79 Å². The zero-order valence-corrected chi connectivity index (χ0v) is 9.56. The van der Waals surface area contributed by atoms with Crippen molar-refractivity contribution in [3.05, 3.63) is 48.0 Å². The Bertz CT molecular complexity index is 358. The molecule has 1 fully saturated rings. The van der Waals surface area contributed by atoms with E-state index in [1.807, 2.05) is 30.3 Å². The fraction of sp³-hybridized carbons (Fsp3) is 0.400. The number of hydrogen-bond donors (Lipinski definition) is 0. The van der Waals surface area contributed by atoms with Crippen LogP contribution in [0.25, 0.3) is 0 Å². The van der Waals surface area contributed by atoms with Crippen molar-refractivity contribution >= 4 is 5.78 Å². The van der Waals surface area contributed by atoms with Crippen molar-refractivity contribution in [2.45, 2.75) is 32.1 Å². The molecule has 0 aromatic heterocycles. The lowest BCUT2D eigenvalue weighted by Gasteiger charge is -2.17. The number of benzene rings is 1. The third-order valence-electron chi connectivity index (χ3n) is 3.23. The highest BCUT2D eigenvalue weighted by Crippen LogP contribution is 2.24. The fourth-order valence-electron chi connectivity index (χ4n) is 2.25. The lowest BCUT2D eigenvalue weighted by atomic mass is 9.89. The number of carbonyl (C=O) groups is 1. The molecule has 1 nitrogen and oxygen atoms in total. The molecule has 1 aliphatic carbocycles. The highest BCUT2D eigenvalue weighted by Gasteiger charge is 2.10. The normalized spacial score (nSPS) is 17.8. The lowest BCUT2D eigenvalue weighted by Crippen LogP contribution is -2.04. The minimum Gasteiger partial charge on any atom is -0.289 e. The van der Waals surface area contributed by atoms with Gasteiger partial charge in [-0.2, -0.15) is 0 Å². The molecule has 2 rings (SSSR count). The Morgan fingerprint density at radius 2 is 1.75 bits per heavy atom. The second-order valence-electron chi connectivity index (χ2n) is 4.49. The van der Waals surface area contributed by atoms with E-state index in [2.05, 4.69) is 6.08 Å². The van der Waals surface area contributed by atoms with E-state index in [1.54, 1.807) is 6.08 Å². The Kier molecular flexibility index (Phi) is 3.92. The van der Waals surface area contributed by atoms with Gasteiger partial charge in [0.1, 0.15) is 0 Å². The van der Waals surface area contributed by atoms with E-state index in [1.165, 1.54) is 32.1 Å². The van der Waals surface area contributed by atoms with E-state index in [0.29, 0.717) is 5.92 Å². The molecule has 0 N–H and O–H groups in total. The number of ketones is 1. The molecule has 0 unspecified atom stereocenters. The van der Waals surface area contributed by atoms with Crippen LogP contribution in [-0.4, -0.2) is 5.78 Å². The lowest BCUT2D eigenvalue weighted by molar-refractivity contribution is 0.104. The quantitative estimate of drug-likeness (QED) is 0.549. The van der Waals surface area contributed by atoms with Gasteiger partial charge in [0.05, 0.1) is 0 Å². The van der Waals surface area contributed by atoms with Crippen LogP contribution in [0.15, 0.2) is 42.5 Å². The predicted molar refractivity (Wildman–Crippen MR) is 66.5 cm³/mol. The van der Waals surface area contributed by atoms with E-state index in [9.17, 15) is 4.79 Å². The number of rotatable bonds is 3. The zero-order valence-electron chi connectivity index (χ0n) is 9.56. The molecule has 0 saturated heterocycles. The van der Waals surface area contributed by atoms with Gasteiger partial charge in [0.25, 0.3) is 0 Å². The molecule has 1 heteroatoms. The molecule has 0 radical (unpaired) electrons. The minimum atomic E-state index is 0.131. The summed E-state index contributed by atoms with van der Waals surface area (Å²) in [7, 11) is 0. The Morgan fingerprint density at radius 3 is 2.44 bits per heavy atom. The molecule has 0 aliphatic heterocycles. The molecule has 1 aromatic rings. The summed E-state index contributed by atoms with van der Waals surface area (Å²) in [4.78, 5) is 11.8. The average Bonchev–Trinajstić information content (AvgIpc) is 2.38. The molecule has 0 heterocycles. The molecule has 1 saturated carbocycles. The molecule has 0 bridgehead atoms. The predicted octanol–water partition coefficient (Wildman–Crippen LogP) is 4.01. The molecule has 0 atom stereocenters. The number of allylic oxidation sites excluding steroid dienone is 2. The van der Waals surface area contributed by atoms with Crippen LogP contribution in [0.2, 0.25) is 0 Å². The van der Waals surface area contributed by atoms with Crippen LogP contribution in [0.1, 0.15) is 42.5 Å². The molecule has 16 heavy (non-hydrogen) atoms. The Morgan fingerprint density at radius 1 is 1.06 bits per heavy atom. The smallest absolute Gasteiger partial charge is 0.185 e. The van der Waals surface area contributed by atoms with Gasteiger partial charge < -0.3 is 0 Å². The third kappa shape index (κ3) is 3.06. The first-order valence-corrected chi connectivity index (χ1v) is 6.14. The maximum Gasteiger partial charge on any atom is 0.185 e. The third-order valence-corrected chi connectivity index (χ3v) is 3.23. The first kappa shape index (κ1) is 11.1. The van der Waals surface area contributed by atoms with Crippen molar-refractivity contribution in [1.82, 2.24) is 0 Å². The van der Waals surface area contributed by atoms with Gasteiger partial charge in [0, 0.05) is 5.56 Å². The van der Waals surface area contributed by atoms with Crippen LogP contribution in [0.5, 0.6) is 0 Å². The summed E-state index contributed by atoms with van der Waals surface area (Å²) in [5, 5.41) is 0. The highest BCUT2D eigenvalue weighted by atomic mass is 16.1. The molecule has 1 aromatic carbocycles. The SMILES string of the molecule is O=C(/C=C/C1CCCCC1)c1ccccc1. The summed E-state index contributed by atoms with van der Waals surface area (Å²) >= 11 is 0. The first-order chi connectivity index (χ1) is 7.86. The van der Waals surface area contributed by atoms with E-state index in [4.69, 9.17) is 0 Å². The first-order valence-electron chi connectivity index (χ1n) is 6.14. The molecule has 1 aliphatic rings. The van der Waals surface area contributed by atoms with Gasteiger partial charge in [0.2, 0.25) is 0 Å². The maximum atomic E-state index is 11.8. The van der Waals surface area contributed by atoms with Gasteiger partial charge in [-0.15, -0.1) is 0 Å². The zero-order chi connectivity index (χ0) is 11.2.